The molecule has 0 aliphatic rings. The van der Waals surface area contributed by atoms with E-state index in [9.17, 15) is 14.4 Å². The zero-order valence-corrected chi connectivity index (χ0v) is 15.2. The largest absolute Gasteiger partial charge is 0.493 e. The van der Waals surface area contributed by atoms with Crippen molar-refractivity contribution < 1.29 is 29.0 Å². The van der Waals surface area contributed by atoms with Crippen LogP contribution in [-0.2, 0) is 4.79 Å². The van der Waals surface area contributed by atoms with Crippen LogP contribution in [0, 0.1) is 0 Å². The highest BCUT2D eigenvalue weighted by Gasteiger charge is 2.09. The molecule has 0 atom stereocenters. The average molecular weight is 371 g/mol. The van der Waals surface area contributed by atoms with Crippen LogP contribution in [-0.4, -0.2) is 36.5 Å². The van der Waals surface area contributed by atoms with E-state index >= 15 is 0 Å². The van der Waals surface area contributed by atoms with E-state index in [2.05, 4.69) is 5.32 Å². The Morgan fingerprint density at radius 2 is 1.67 bits per heavy atom. The van der Waals surface area contributed by atoms with Gasteiger partial charge < -0.3 is 19.9 Å². The predicted octanol–water partition coefficient (Wildman–Crippen LogP) is 3.39. The topological polar surface area (TPSA) is 102 Å². The van der Waals surface area contributed by atoms with Crippen LogP contribution in [0.5, 0.6) is 11.5 Å². The molecule has 0 aliphatic carbocycles. The zero-order valence-electron chi connectivity index (χ0n) is 15.2. The van der Waals surface area contributed by atoms with E-state index in [1.807, 2.05) is 0 Å². The van der Waals surface area contributed by atoms with Crippen molar-refractivity contribution in [3.8, 4) is 11.5 Å². The second kappa shape index (κ2) is 9.38. The van der Waals surface area contributed by atoms with Gasteiger partial charge in [0.25, 0.3) is 0 Å². The van der Waals surface area contributed by atoms with Crippen molar-refractivity contribution in [1.82, 2.24) is 0 Å². The highest BCUT2D eigenvalue weighted by Crippen LogP contribution is 2.28. The number of anilines is 1. The van der Waals surface area contributed by atoms with Crippen LogP contribution in [0.1, 0.15) is 40.5 Å². The van der Waals surface area contributed by atoms with Gasteiger partial charge in [0.2, 0.25) is 5.91 Å². The second-order valence-corrected chi connectivity index (χ2v) is 5.80. The van der Waals surface area contributed by atoms with Crippen LogP contribution in [0.25, 0.3) is 0 Å². The molecule has 142 valence electrons. The number of aromatic carboxylic acids is 1. The first-order chi connectivity index (χ1) is 12.9. The maximum Gasteiger partial charge on any atom is 0.335 e. The number of ketones is 1. The molecular formula is C20H21NO6. The normalized spacial score (nSPS) is 10.1. The van der Waals surface area contributed by atoms with Crippen molar-refractivity contribution in [2.45, 2.75) is 19.8 Å². The van der Waals surface area contributed by atoms with Crippen molar-refractivity contribution in [2.75, 3.05) is 19.0 Å². The Kier molecular flexibility index (Phi) is 6.93. The first-order valence-electron chi connectivity index (χ1n) is 8.35. The molecule has 2 aromatic carbocycles. The smallest absolute Gasteiger partial charge is 0.335 e. The summed E-state index contributed by atoms with van der Waals surface area (Å²) in [6, 6.07) is 10.9. The lowest BCUT2D eigenvalue weighted by atomic mass is 10.1. The molecule has 2 rings (SSSR count). The molecule has 0 heterocycles. The number of amides is 1. The van der Waals surface area contributed by atoms with Crippen molar-refractivity contribution in [3.63, 3.8) is 0 Å². The monoisotopic (exact) mass is 371 g/mol. The van der Waals surface area contributed by atoms with E-state index in [4.69, 9.17) is 14.6 Å². The summed E-state index contributed by atoms with van der Waals surface area (Å²) in [4.78, 5) is 34.1. The molecule has 0 saturated heterocycles. The van der Waals surface area contributed by atoms with Crippen LogP contribution < -0.4 is 14.8 Å². The molecule has 7 heteroatoms. The molecule has 0 aromatic heterocycles. The van der Waals surface area contributed by atoms with Crippen LogP contribution in [0.4, 0.5) is 5.69 Å². The first-order valence-corrected chi connectivity index (χ1v) is 8.35. The molecule has 7 nitrogen and oxygen atoms in total. The second-order valence-electron chi connectivity index (χ2n) is 5.80. The minimum Gasteiger partial charge on any atom is -0.493 e. The van der Waals surface area contributed by atoms with E-state index in [0.717, 1.165) is 0 Å². The summed E-state index contributed by atoms with van der Waals surface area (Å²) in [5.74, 6) is -0.303. The highest BCUT2D eigenvalue weighted by atomic mass is 16.5. The van der Waals surface area contributed by atoms with Gasteiger partial charge in [-0.1, -0.05) is 0 Å². The van der Waals surface area contributed by atoms with E-state index in [0.29, 0.717) is 35.8 Å². The predicted molar refractivity (Wildman–Crippen MR) is 99.8 cm³/mol. The fourth-order valence-corrected chi connectivity index (χ4v) is 2.34. The van der Waals surface area contributed by atoms with Crippen molar-refractivity contribution in [1.29, 1.82) is 0 Å². The van der Waals surface area contributed by atoms with Gasteiger partial charge in [0.15, 0.2) is 17.3 Å². The Hall–Kier alpha value is -3.35. The van der Waals surface area contributed by atoms with Crippen LogP contribution in [0.2, 0.25) is 0 Å². The van der Waals surface area contributed by atoms with Gasteiger partial charge in [0.05, 0.1) is 19.3 Å². The number of ether oxygens (including phenoxy) is 2. The average Bonchev–Trinajstić information content (AvgIpc) is 2.65. The molecule has 2 aromatic rings. The standard InChI is InChI=1S/C20H21NO6/c1-13(22)15-7-10-17(18(12-15)26-2)27-11-3-4-19(23)21-16-8-5-14(6-9-16)20(24)25/h5-10,12H,3-4,11H2,1-2H3,(H,21,23)(H,24,25). The quantitative estimate of drug-likeness (QED) is 0.517. The lowest BCUT2D eigenvalue weighted by Crippen LogP contribution is -2.13. The Morgan fingerprint density at radius 3 is 2.26 bits per heavy atom. The van der Waals surface area contributed by atoms with Crippen LogP contribution in [0.15, 0.2) is 42.5 Å². The number of nitrogens with one attached hydrogen (secondary N) is 1. The number of carboxylic acids is 1. The van der Waals surface area contributed by atoms with Crippen molar-refractivity contribution in [2.24, 2.45) is 0 Å². The van der Waals surface area contributed by atoms with Gasteiger partial charge >= 0.3 is 5.97 Å². The summed E-state index contributed by atoms with van der Waals surface area (Å²) in [6.07, 6.45) is 0.727. The van der Waals surface area contributed by atoms with Gasteiger partial charge in [-0.05, 0) is 55.8 Å². The van der Waals surface area contributed by atoms with E-state index in [1.54, 1.807) is 30.3 Å². The maximum absolute atomic E-state index is 11.9. The number of carbonyl (C=O) groups is 3. The van der Waals surface area contributed by atoms with Crippen molar-refractivity contribution in [3.05, 3.63) is 53.6 Å². The van der Waals surface area contributed by atoms with Gasteiger partial charge in [0.1, 0.15) is 0 Å². The molecule has 0 spiro atoms. The Balaban J connectivity index is 1.80. The number of methoxy groups -OCH3 is 1. The summed E-state index contributed by atoms with van der Waals surface area (Å²) < 4.78 is 10.8. The van der Waals surface area contributed by atoms with Crippen LogP contribution >= 0.6 is 0 Å². The SMILES string of the molecule is COc1cc(C(C)=O)ccc1OCCCC(=O)Nc1ccc(C(=O)O)cc1. The third-order valence-corrected chi connectivity index (χ3v) is 3.79. The number of hydrogen-bond acceptors (Lipinski definition) is 5. The molecule has 0 bridgehead atoms. The van der Waals surface area contributed by atoms with E-state index in [1.165, 1.54) is 26.2 Å². The van der Waals surface area contributed by atoms with E-state index in [-0.39, 0.29) is 23.7 Å². The molecule has 0 radical (unpaired) electrons. The summed E-state index contributed by atoms with van der Waals surface area (Å²) in [6.45, 7) is 1.78. The molecule has 0 aliphatic heterocycles. The molecule has 1 amide bonds. The highest BCUT2D eigenvalue weighted by molar-refractivity contribution is 5.94. The molecule has 0 fully saturated rings. The summed E-state index contributed by atoms with van der Waals surface area (Å²) in [5, 5.41) is 11.5. The maximum atomic E-state index is 11.9. The first kappa shape index (κ1) is 20.0. The Morgan fingerprint density at radius 1 is 1.00 bits per heavy atom. The third-order valence-electron chi connectivity index (χ3n) is 3.79. The number of carbonyl (C=O) groups excluding carboxylic acids is 2. The molecule has 2 N–H and O–H groups in total. The zero-order chi connectivity index (χ0) is 19.8. The number of hydrogen-bond donors (Lipinski definition) is 2. The molecule has 27 heavy (non-hydrogen) atoms. The number of rotatable bonds is 9. The summed E-state index contributed by atoms with van der Waals surface area (Å²) in [5.41, 5.74) is 1.23. The van der Waals surface area contributed by atoms with Gasteiger partial charge in [-0.3, -0.25) is 9.59 Å². The number of Topliss-reactive ketones (excluding diaryl/α,β-unsaturated/α-hetero) is 1. The number of benzene rings is 2. The lowest BCUT2D eigenvalue weighted by molar-refractivity contribution is -0.116. The number of carboxylic acid groups (broad SMARTS) is 1. The molecule has 0 unspecified atom stereocenters. The third kappa shape index (κ3) is 5.85. The van der Waals surface area contributed by atoms with Crippen LogP contribution in [0.3, 0.4) is 0 Å². The van der Waals surface area contributed by atoms with Crippen molar-refractivity contribution >= 4 is 23.3 Å². The Labute approximate surface area is 156 Å². The summed E-state index contributed by atoms with van der Waals surface area (Å²) >= 11 is 0. The minimum absolute atomic E-state index is 0.0621. The van der Waals surface area contributed by atoms with Gasteiger partial charge in [-0.15, -0.1) is 0 Å². The summed E-state index contributed by atoms with van der Waals surface area (Å²) in [7, 11) is 1.50. The molecule has 0 saturated carbocycles. The molecular weight excluding hydrogens is 350 g/mol. The fraction of sp³-hybridized carbons (Fsp3) is 0.250. The van der Waals surface area contributed by atoms with E-state index < -0.39 is 5.97 Å². The van der Waals surface area contributed by atoms with Gasteiger partial charge in [-0.2, -0.15) is 0 Å². The van der Waals surface area contributed by atoms with Gasteiger partial charge in [0, 0.05) is 17.7 Å². The fourth-order valence-electron chi connectivity index (χ4n) is 2.34. The Bertz CT molecular complexity index is 829. The minimum atomic E-state index is -1.02. The lowest BCUT2D eigenvalue weighted by Gasteiger charge is -2.11. The van der Waals surface area contributed by atoms with Gasteiger partial charge in [-0.25, -0.2) is 4.79 Å².